The Hall–Kier alpha value is -0.890. The molecule has 0 spiro atoms. The highest BCUT2D eigenvalue weighted by molar-refractivity contribution is 5.22. The van der Waals surface area contributed by atoms with E-state index < -0.39 is 11.7 Å². The highest BCUT2D eigenvalue weighted by Gasteiger charge is 2.25. The van der Waals surface area contributed by atoms with Crippen molar-refractivity contribution < 1.29 is 4.39 Å². The van der Waals surface area contributed by atoms with Gasteiger partial charge in [-0.15, -0.1) is 0 Å². The summed E-state index contributed by atoms with van der Waals surface area (Å²) < 4.78 is 13.4. The Kier molecular flexibility index (Phi) is 3.27. The maximum absolute atomic E-state index is 13.4. The Bertz CT molecular complexity index is 284. The lowest BCUT2D eigenvalue weighted by atomic mass is 9.94. The third-order valence-corrected chi connectivity index (χ3v) is 2.46. The van der Waals surface area contributed by atoms with Gasteiger partial charge in [0.25, 0.3) is 0 Å². The van der Waals surface area contributed by atoms with Gasteiger partial charge in [0.2, 0.25) is 0 Å². The molecule has 0 saturated heterocycles. The molecule has 0 bridgehead atoms. The van der Waals surface area contributed by atoms with Gasteiger partial charge in [0.05, 0.1) is 0 Å². The fraction of sp³-hybridized carbons (Fsp3) is 0.500. The smallest absolute Gasteiger partial charge is 0.120 e. The van der Waals surface area contributed by atoms with E-state index in [-0.39, 0.29) is 0 Å². The van der Waals surface area contributed by atoms with Gasteiger partial charge in [0.1, 0.15) is 5.67 Å². The first-order chi connectivity index (χ1) is 6.39. The molecule has 0 aliphatic rings. The van der Waals surface area contributed by atoms with Crippen LogP contribution in [0.1, 0.15) is 25.0 Å². The lowest BCUT2D eigenvalue weighted by Crippen LogP contribution is -2.41. The molecule has 0 aliphatic carbocycles. The van der Waals surface area contributed by atoms with Crippen LogP contribution in [0.25, 0.3) is 0 Å². The Morgan fingerprint density at radius 3 is 2.21 bits per heavy atom. The van der Waals surface area contributed by atoms with Crippen molar-refractivity contribution in [2.45, 2.75) is 38.9 Å². The number of nitrogens with two attached hydrogens (primary N) is 1. The van der Waals surface area contributed by atoms with Crippen molar-refractivity contribution >= 4 is 0 Å². The number of hydrogen-bond donors (Lipinski definition) is 1. The average Bonchev–Trinajstić information content (AvgIpc) is 2.07. The Morgan fingerprint density at radius 1 is 1.29 bits per heavy atom. The van der Waals surface area contributed by atoms with E-state index in [0.717, 1.165) is 5.56 Å². The molecular weight excluding hydrogens is 177 g/mol. The predicted molar refractivity (Wildman–Crippen MR) is 58.0 cm³/mol. The Morgan fingerprint density at radius 2 is 1.79 bits per heavy atom. The van der Waals surface area contributed by atoms with Crippen molar-refractivity contribution in [3.8, 4) is 0 Å². The summed E-state index contributed by atoms with van der Waals surface area (Å²) in [6.07, 6.45) is 0.587. The summed E-state index contributed by atoms with van der Waals surface area (Å²) in [5, 5.41) is 0. The maximum atomic E-state index is 13.4. The van der Waals surface area contributed by atoms with E-state index in [9.17, 15) is 4.39 Å². The van der Waals surface area contributed by atoms with E-state index in [1.54, 1.807) is 0 Å². The molecule has 1 rings (SSSR count). The normalized spacial score (nSPS) is 14.1. The van der Waals surface area contributed by atoms with Crippen molar-refractivity contribution in [1.82, 2.24) is 0 Å². The standard InChI is InChI=1S/C12H18FN/c1-9-4-6-10(7-5-9)8-11(14)12(2,3)13/h4-7,11H,8,14H2,1-3H3. The lowest BCUT2D eigenvalue weighted by Gasteiger charge is -2.22. The van der Waals surface area contributed by atoms with Crippen LogP contribution in [0.5, 0.6) is 0 Å². The lowest BCUT2D eigenvalue weighted by molar-refractivity contribution is 0.172. The minimum atomic E-state index is -1.31. The molecule has 78 valence electrons. The minimum Gasteiger partial charge on any atom is -0.325 e. The van der Waals surface area contributed by atoms with E-state index in [1.807, 2.05) is 31.2 Å². The molecule has 14 heavy (non-hydrogen) atoms. The predicted octanol–water partition coefficient (Wildman–Crippen LogP) is 2.61. The topological polar surface area (TPSA) is 26.0 Å². The molecule has 1 unspecified atom stereocenters. The van der Waals surface area contributed by atoms with Crippen LogP contribution in [0.4, 0.5) is 4.39 Å². The van der Waals surface area contributed by atoms with Crippen molar-refractivity contribution in [2.24, 2.45) is 5.73 Å². The molecule has 1 aromatic rings. The maximum Gasteiger partial charge on any atom is 0.120 e. The van der Waals surface area contributed by atoms with Crippen LogP contribution >= 0.6 is 0 Å². The molecule has 0 saturated carbocycles. The summed E-state index contributed by atoms with van der Waals surface area (Å²) in [5.41, 5.74) is 6.73. The fourth-order valence-corrected chi connectivity index (χ4v) is 1.22. The first-order valence-electron chi connectivity index (χ1n) is 4.89. The van der Waals surface area contributed by atoms with Gasteiger partial charge in [-0.25, -0.2) is 4.39 Å². The molecule has 1 aromatic carbocycles. The number of halogens is 1. The van der Waals surface area contributed by atoms with Crippen LogP contribution in [0.15, 0.2) is 24.3 Å². The van der Waals surface area contributed by atoms with Crippen LogP contribution in [0, 0.1) is 6.92 Å². The van der Waals surface area contributed by atoms with E-state index in [4.69, 9.17) is 5.73 Å². The molecule has 0 heterocycles. The van der Waals surface area contributed by atoms with Crippen molar-refractivity contribution in [3.05, 3.63) is 35.4 Å². The number of hydrogen-bond acceptors (Lipinski definition) is 1. The third-order valence-electron chi connectivity index (χ3n) is 2.46. The second-order valence-electron chi connectivity index (χ2n) is 4.36. The highest BCUT2D eigenvalue weighted by atomic mass is 19.1. The summed E-state index contributed by atoms with van der Waals surface area (Å²) in [4.78, 5) is 0. The summed E-state index contributed by atoms with van der Waals surface area (Å²) in [6.45, 7) is 5.07. The zero-order valence-corrected chi connectivity index (χ0v) is 9.05. The van der Waals surface area contributed by atoms with Crippen molar-refractivity contribution in [1.29, 1.82) is 0 Å². The molecule has 0 aliphatic heterocycles. The largest absolute Gasteiger partial charge is 0.325 e. The zero-order chi connectivity index (χ0) is 10.8. The van der Waals surface area contributed by atoms with Crippen LogP contribution in [-0.2, 0) is 6.42 Å². The molecule has 0 aromatic heterocycles. The highest BCUT2D eigenvalue weighted by Crippen LogP contribution is 2.16. The van der Waals surface area contributed by atoms with Crippen LogP contribution < -0.4 is 5.73 Å². The van der Waals surface area contributed by atoms with E-state index in [1.165, 1.54) is 19.4 Å². The monoisotopic (exact) mass is 195 g/mol. The van der Waals surface area contributed by atoms with E-state index >= 15 is 0 Å². The van der Waals surface area contributed by atoms with Gasteiger partial charge in [-0.1, -0.05) is 29.8 Å². The van der Waals surface area contributed by atoms with Crippen molar-refractivity contribution in [3.63, 3.8) is 0 Å². The molecule has 0 amide bonds. The summed E-state index contributed by atoms with van der Waals surface area (Å²) in [7, 11) is 0. The number of alkyl halides is 1. The third kappa shape index (κ3) is 3.11. The molecule has 2 heteroatoms. The van der Waals surface area contributed by atoms with Crippen molar-refractivity contribution in [2.75, 3.05) is 0 Å². The van der Waals surface area contributed by atoms with Gasteiger partial charge in [0.15, 0.2) is 0 Å². The van der Waals surface area contributed by atoms with Gasteiger partial charge in [-0.2, -0.15) is 0 Å². The summed E-state index contributed by atoms with van der Waals surface area (Å²) in [5.74, 6) is 0. The van der Waals surface area contributed by atoms with Gasteiger partial charge < -0.3 is 5.73 Å². The second kappa shape index (κ2) is 4.09. The van der Waals surface area contributed by atoms with Gasteiger partial charge >= 0.3 is 0 Å². The quantitative estimate of drug-likeness (QED) is 0.788. The molecule has 2 N–H and O–H groups in total. The first-order valence-corrected chi connectivity index (χ1v) is 4.89. The van der Waals surface area contributed by atoms with Gasteiger partial charge in [-0.3, -0.25) is 0 Å². The van der Waals surface area contributed by atoms with Crippen LogP contribution in [-0.4, -0.2) is 11.7 Å². The van der Waals surface area contributed by atoms with Gasteiger partial charge in [0, 0.05) is 6.04 Å². The summed E-state index contributed by atoms with van der Waals surface area (Å²) in [6, 6.07) is 7.60. The first kappa shape index (κ1) is 11.2. The average molecular weight is 195 g/mol. The SMILES string of the molecule is Cc1ccc(CC(N)C(C)(C)F)cc1. The molecule has 0 radical (unpaired) electrons. The number of benzene rings is 1. The molecular formula is C12H18FN. The fourth-order valence-electron chi connectivity index (χ4n) is 1.22. The second-order valence-corrected chi connectivity index (χ2v) is 4.36. The van der Waals surface area contributed by atoms with Crippen LogP contribution in [0.3, 0.4) is 0 Å². The Balaban J connectivity index is 2.65. The zero-order valence-electron chi connectivity index (χ0n) is 9.05. The summed E-state index contributed by atoms with van der Waals surface area (Å²) >= 11 is 0. The number of aryl methyl sites for hydroxylation is 1. The molecule has 1 atom stereocenters. The molecule has 1 nitrogen and oxygen atoms in total. The minimum absolute atomic E-state index is 0.440. The van der Waals surface area contributed by atoms with E-state index in [2.05, 4.69) is 0 Å². The number of rotatable bonds is 3. The van der Waals surface area contributed by atoms with E-state index in [0.29, 0.717) is 6.42 Å². The molecule has 0 fully saturated rings. The Labute approximate surface area is 85.1 Å². The van der Waals surface area contributed by atoms with Crippen LogP contribution in [0.2, 0.25) is 0 Å². The van der Waals surface area contributed by atoms with Gasteiger partial charge in [-0.05, 0) is 32.8 Å².